The lowest BCUT2D eigenvalue weighted by Crippen LogP contribution is -2.04. The van der Waals surface area contributed by atoms with Crippen LogP contribution in [-0.4, -0.2) is 34.1 Å². The van der Waals surface area contributed by atoms with Gasteiger partial charge in [0, 0.05) is 5.56 Å². The molecule has 0 aliphatic carbocycles. The number of hydrogen-bond donors (Lipinski definition) is 4. The summed E-state index contributed by atoms with van der Waals surface area (Å²) in [4.78, 5) is 11.9. The van der Waals surface area contributed by atoms with Crippen LogP contribution in [0.1, 0.15) is 22.2 Å². The topological polar surface area (TPSA) is 111 Å². The van der Waals surface area contributed by atoms with Crippen molar-refractivity contribution < 1.29 is 24.9 Å². The van der Waals surface area contributed by atoms with E-state index in [1.807, 2.05) is 0 Å². The maximum atomic E-state index is 11.5. The van der Waals surface area contributed by atoms with E-state index in [2.05, 4.69) is 15.3 Å². The summed E-state index contributed by atoms with van der Waals surface area (Å²) in [6.07, 6.45) is 0. The van der Waals surface area contributed by atoms with Gasteiger partial charge in [0.05, 0.1) is 18.5 Å². The van der Waals surface area contributed by atoms with Crippen LogP contribution in [0.5, 0.6) is 17.2 Å². The van der Waals surface area contributed by atoms with Gasteiger partial charge in [0.15, 0.2) is 11.5 Å². The number of nitrogens with one attached hydrogen (secondary N) is 1. The lowest BCUT2D eigenvalue weighted by molar-refractivity contribution is 0.0607. The Bertz CT molecular complexity index is 739. The lowest BCUT2D eigenvalue weighted by Gasteiger charge is -2.08. The Kier molecular flexibility index (Phi) is 4.52. The number of benzene rings is 1. The van der Waals surface area contributed by atoms with Crippen molar-refractivity contribution >= 4 is 28.7 Å². The normalized spacial score (nSPS) is 11.3. The number of phenolic OH excluding ortho intramolecular Hbond substituents is 3. The van der Waals surface area contributed by atoms with E-state index in [1.165, 1.54) is 30.6 Å². The Balaban J connectivity index is 2.26. The van der Waals surface area contributed by atoms with Crippen molar-refractivity contribution in [3.05, 3.63) is 34.0 Å². The summed E-state index contributed by atoms with van der Waals surface area (Å²) in [7, 11) is 1.29. The fourth-order valence-corrected chi connectivity index (χ4v) is 2.47. The first kappa shape index (κ1) is 15.6. The zero-order valence-electron chi connectivity index (χ0n) is 11.8. The van der Waals surface area contributed by atoms with Gasteiger partial charge in [-0.15, -0.1) is 11.3 Å². The van der Waals surface area contributed by atoms with Crippen molar-refractivity contribution in [2.45, 2.75) is 6.92 Å². The van der Waals surface area contributed by atoms with Crippen molar-refractivity contribution in [1.29, 1.82) is 0 Å². The highest BCUT2D eigenvalue weighted by molar-refractivity contribution is 7.12. The van der Waals surface area contributed by atoms with Gasteiger partial charge in [-0.05, 0) is 30.5 Å². The summed E-state index contributed by atoms with van der Waals surface area (Å²) in [6.45, 7) is 1.60. The predicted octanol–water partition coefficient (Wildman–Crippen LogP) is 2.49. The first-order valence-electron chi connectivity index (χ1n) is 6.16. The number of esters is 1. The van der Waals surface area contributed by atoms with Crippen LogP contribution in [0, 0.1) is 0 Å². The van der Waals surface area contributed by atoms with Crippen LogP contribution < -0.4 is 5.43 Å². The molecule has 8 heteroatoms. The first-order chi connectivity index (χ1) is 10.5. The molecule has 0 atom stereocenters. The molecule has 0 saturated heterocycles. The summed E-state index contributed by atoms with van der Waals surface area (Å²) >= 11 is 1.21. The number of hydrazone groups is 1. The molecule has 0 amide bonds. The Morgan fingerprint density at radius 3 is 2.64 bits per heavy atom. The molecule has 1 aromatic heterocycles. The van der Waals surface area contributed by atoms with Crippen molar-refractivity contribution in [1.82, 2.24) is 0 Å². The summed E-state index contributed by atoms with van der Waals surface area (Å²) in [6, 6.07) is 4.33. The van der Waals surface area contributed by atoms with E-state index in [1.54, 1.807) is 18.4 Å². The largest absolute Gasteiger partial charge is 0.504 e. The van der Waals surface area contributed by atoms with Crippen LogP contribution in [0.2, 0.25) is 0 Å². The van der Waals surface area contributed by atoms with E-state index in [0.717, 1.165) is 0 Å². The molecule has 2 aromatic rings. The number of nitrogens with zero attached hydrogens (tertiary/aromatic N) is 1. The number of methoxy groups -OCH3 is 1. The van der Waals surface area contributed by atoms with Gasteiger partial charge in [0.25, 0.3) is 0 Å². The quantitative estimate of drug-likeness (QED) is 0.298. The van der Waals surface area contributed by atoms with Gasteiger partial charge < -0.3 is 20.1 Å². The van der Waals surface area contributed by atoms with Gasteiger partial charge in [-0.2, -0.15) is 5.10 Å². The number of phenols is 3. The first-order valence-corrected chi connectivity index (χ1v) is 7.04. The molecule has 0 aliphatic rings. The fraction of sp³-hybridized carbons (Fsp3) is 0.143. The third-order valence-electron chi connectivity index (χ3n) is 2.90. The van der Waals surface area contributed by atoms with Gasteiger partial charge in [-0.25, -0.2) is 4.79 Å². The smallest absolute Gasteiger partial charge is 0.350 e. The second kappa shape index (κ2) is 6.35. The number of hydrogen-bond acceptors (Lipinski definition) is 8. The minimum absolute atomic E-state index is 0.248. The maximum Gasteiger partial charge on any atom is 0.350 e. The van der Waals surface area contributed by atoms with E-state index in [0.29, 0.717) is 16.3 Å². The van der Waals surface area contributed by atoms with E-state index in [-0.39, 0.29) is 5.56 Å². The van der Waals surface area contributed by atoms with Crippen molar-refractivity contribution in [3.63, 3.8) is 0 Å². The number of carbonyl (C=O) groups excluding carboxylic acids is 1. The highest BCUT2D eigenvalue weighted by Crippen LogP contribution is 2.37. The Labute approximate surface area is 130 Å². The van der Waals surface area contributed by atoms with Crippen molar-refractivity contribution in [2.24, 2.45) is 5.10 Å². The summed E-state index contributed by atoms with van der Waals surface area (Å²) in [5.41, 5.74) is 3.79. The molecule has 4 N–H and O–H groups in total. The summed E-state index contributed by atoms with van der Waals surface area (Å²) in [5.74, 6) is -1.98. The zero-order chi connectivity index (χ0) is 16.3. The molecular formula is C14H14N2O5S. The standard InChI is InChI=1S/C14H14N2O5S/c1-7(8-3-4-10(17)12(19)11(8)18)15-16-9-5-6-22-13(9)14(20)21-2/h3-6,16-19H,1-2H3/b15-7-. The van der Waals surface area contributed by atoms with Crippen LogP contribution in [0.4, 0.5) is 5.69 Å². The van der Waals surface area contributed by atoms with Crippen LogP contribution >= 0.6 is 11.3 Å². The monoisotopic (exact) mass is 322 g/mol. The van der Waals surface area contributed by atoms with Gasteiger partial charge in [0.1, 0.15) is 4.88 Å². The average Bonchev–Trinajstić information content (AvgIpc) is 2.98. The van der Waals surface area contributed by atoms with Crippen LogP contribution in [0.15, 0.2) is 28.7 Å². The van der Waals surface area contributed by atoms with Crippen molar-refractivity contribution in [2.75, 3.05) is 12.5 Å². The highest BCUT2D eigenvalue weighted by Gasteiger charge is 2.15. The Hall–Kier alpha value is -2.74. The number of aromatic hydroxyl groups is 3. The molecule has 116 valence electrons. The third-order valence-corrected chi connectivity index (χ3v) is 3.79. The van der Waals surface area contributed by atoms with Gasteiger partial charge in [-0.3, -0.25) is 5.43 Å². The molecule has 0 fully saturated rings. The predicted molar refractivity (Wildman–Crippen MR) is 82.9 cm³/mol. The van der Waals surface area contributed by atoms with Crippen LogP contribution in [-0.2, 0) is 4.74 Å². The average molecular weight is 322 g/mol. The highest BCUT2D eigenvalue weighted by atomic mass is 32.1. The van der Waals surface area contributed by atoms with Crippen LogP contribution in [0.3, 0.4) is 0 Å². The number of ether oxygens (including phenoxy) is 1. The maximum absolute atomic E-state index is 11.5. The molecule has 0 spiro atoms. The van der Waals surface area contributed by atoms with Gasteiger partial charge in [-0.1, -0.05) is 0 Å². The SMILES string of the molecule is COC(=O)c1sccc1N/N=C(/C)c1ccc(O)c(O)c1O. The number of carbonyl (C=O) groups is 1. The third kappa shape index (κ3) is 2.96. The second-order valence-electron chi connectivity index (χ2n) is 4.29. The molecular weight excluding hydrogens is 308 g/mol. The Morgan fingerprint density at radius 1 is 1.23 bits per heavy atom. The zero-order valence-corrected chi connectivity index (χ0v) is 12.6. The van der Waals surface area contributed by atoms with E-state index >= 15 is 0 Å². The number of rotatable bonds is 4. The molecule has 0 saturated carbocycles. The molecule has 22 heavy (non-hydrogen) atoms. The van der Waals surface area contributed by atoms with E-state index in [9.17, 15) is 20.1 Å². The summed E-state index contributed by atoms with van der Waals surface area (Å²) in [5, 5.41) is 34.4. The molecule has 0 bridgehead atoms. The summed E-state index contributed by atoms with van der Waals surface area (Å²) < 4.78 is 4.66. The minimum Gasteiger partial charge on any atom is -0.504 e. The second-order valence-corrected chi connectivity index (χ2v) is 5.21. The molecule has 1 heterocycles. The van der Waals surface area contributed by atoms with Gasteiger partial charge >= 0.3 is 5.97 Å². The lowest BCUT2D eigenvalue weighted by atomic mass is 10.1. The van der Waals surface area contributed by atoms with Gasteiger partial charge in [0.2, 0.25) is 5.75 Å². The molecule has 0 aliphatic heterocycles. The molecule has 0 unspecified atom stereocenters. The molecule has 1 aromatic carbocycles. The van der Waals surface area contributed by atoms with Crippen molar-refractivity contribution in [3.8, 4) is 17.2 Å². The molecule has 2 rings (SSSR count). The van der Waals surface area contributed by atoms with E-state index in [4.69, 9.17) is 0 Å². The van der Waals surface area contributed by atoms with Crippen LogP contribution in [0.25, 0.3) is 0 Å². The molecule has 0 radical (unpaired) electrons. The fourth-order valence-electron chi connectivity index (χ4n) is 1.71. The molecule has 7 nitrogen and oxygen atoms in total. The Morgan fingerprint density at radius 2 is 1.95 bits per heavy atom. The number of thiophene rings is 1. The number of anilines is 1. The van der Waals surface area contributed by atoms with E-state index < -0.39 is 23.2 Å². The minimum atomic E-state index is -0.613.